The Hall–Kier alpha value is -1.20. The minimum atomic E-state index is 0.312. The van der Waals surface area contributed by atoms with Gasteiger partial charge in [-0.1, -0.05) is 5.16 Å². The van der Waals surface area contributed by atoms with E-state index in [4.69, 9.17) is 9.26 Å². The van der Waals surface area contributed by atoms with E-state index in [-0.39, 0.29) is 0 Å². The SMILES string of the molecule is c1c(-c2nc([C@H]3CCOC3)no2)sc2c1CCCC2. The fourth-order valence-corrected chi connectivity index (χ4v) is 4.01. The fraction of sp³-hybridized carbons (Fsp3) is 0.571. The molecule has 0 amide bonds. The molecule has 0 saturated carbocycles. The third kappa shape index (κ3) is 2.11. The van der Waals surface area contributed by atoms with Crippen molar-refractivity contribution in [3.63, 3.8) is 0 Å². The molecule has 4 rings (SSSR count). The zero-order chi connectivity index (χ0) is 12.7. The number of ether oxygens (including phenoxy) is 1. The predicted molar refractivity (Wildman–Crippen MR) is 72.4 cm³/mol. The maximum Gasteiger partial charge on any atom is 0.268 e. The summed E-state index contributed by atoms with van der Waals surface area (Å²) in [6.45, 7) is 1.53. The van der Waals surface area contributed by atoms with Crippen molar-refractivity contribution in [2.45, 2.75) is 38.0 Å². The molecule has 19 heavy (non-hydrogen) atoms. The zero-order valence-corrected chi connectivity index (χ0v) is 11.5. The average molecular weight is 276 g/mol. The molecule has 100 valence electrons. The predicted octanol–water partition coefficient (Wildman–Crippen LogP) is 3.18. The van der Waals surface area contributed by atoms with Gasteiger partial charge in [0.15, 0.2) is 5.82 Å². The lowest BCUT2D eigenvalue weighted by molar-refractivity contribution is 0.192. The lowest BCUT2D eigenvalue weighted by Gasteiger charge is -2.08. The molecular formula is C14H16N2O2S. The molecule has 1 aliphatic carbocycles. The summed E-state index contributed by atoms with van der Waals surface area (Å²) in [6, 6.07) is 2.24. The molecule has 2 aliphatic rings. The van der Waals surface area contributed by atoms with Crippen LogP contribution in [0.3, 0.4) is 0 Å². The van der Waals surface area contributed by atoms with E-state index in [1.165, 1.54) is 36.1 Å². The van der Waals surface area contributed by atoms with Crippen molar-refractivity contribution in [2.24, 2.45) is 0 Å². The normalized spacial score (nSPS) is 22.6. The van der Waals surface area contributed by atoms with Crippen molar-refractivity contribution < 1.29 is 9.26 Å². The van der Waals surface area contributed by atoms with Gasteiger partial charge < -0.3 is 9.26 Å². The molecule has 1 saturated heterocycles. The smallest absolute Gasteiger partial charge is 0.268 e. The van der Waals surface area contributed by atoms with Gasteiger partial charge >= 0.3 is 0 Å². The first kappa shape index (κ1) is 11.6. The van der Waals surface area contributed by atoms with Gasteiger partial charge in [0.05, 0.1) is 11.5 Å². The first-order valence-corrected chi connectivity index (χ1v) is 7.75. The first-order chi connectivity index (χ1) is 9.40. The van der Waals surface area contributed by atoms with Crippen LogP contribution in [0.2, 0.25) is 0 Å². The molecule has 5 heteroatoms. The minimum absolute atomic E-state index is 0.312. The van der Waals surface area contributed by atoms with E-state index >= 15 is 0 Å². The Morgan fingerprint density at radius 2 is 2.21 bits per heavy atom. The molecule has 2 aromatic rings. The molecule has 0 N–H and O–H groups in total. The van der Waals surface area contributed by atoms with E-state index in [0.717, 1.165) is 30.3 Å². The summed E-state index contributed by atoms with van der Waals surface area (Å²) in [4.78, 5) is 7.19. The Labute approximate surface area is 115 Å². The second-order valence-corrected chi connectivity index (χ2v) is 6.42. The van der Waals surface area contributed by atoms with Crippen LogP contribution in [-0.2, 0) is 17.6 Å². The minimum Gasteiger partial charge on any atom is -0.381 e. The Bertz CT molecular complexity index is 561. The number of hydrogen-bond acceptors (Lipinski definition) is 5. The van der Waals surface area contributed by atoms with Crippen LogP contribution in [0.25, 0.3) is 10.8 Å². The summed E-state index contributed by atoms with van der Waals surface area (Å²) in [5.41, 5.74) is 1.48. The summed E-state index contributed by atoms with van der Waals surface area (Å²) >= 11 is 1.82. The number of aryl methyl sites for hydroxylation is 2. The average Bonchev–Trinajstić information content (AvgIpc) is 3.17. The Morgan fingerprint density at radius 1 is 1.26 bits per heavy atom. The third-order valence-corrected chi connectivity index (χ3v) is 5.17. The summed E-state index contributed by atoms with van der Waals surface area (Å²) in [5, 5.41) is 4.12. The van der Waals surface area contributed by atoms with Crippen LogP contribution in [0.15, 0.2) is 10.6 Å². The maximum absolute atomic E-state index is 5.43. The molecule has 0 unspecified atom stereocenters. The van der Waals surface area contributed by atoms with Crippen molar-refractivity contribution in [1.82, 2.24) is 10.1 Å². The Kier molecular flexibility index (Phi) is 2.89. The number of aromatic nitrogens is 2. The summed E-state index contributed by atoms with van der Waals surface area (Å²) in [5.74, 6) is 1.80. The molecule has 4 nitrogen and oxygen atoms in total. The molecule has 0 bridgehead atoms. The Balaban J connectivity index is 1.63. The monoisotopic (exact) mass is 276 g/mol. The van der Waals surface area contributed by atoms with Crippen LogP contribution in [0.4, 0.5) is 0 Å². The van der Waals surface area contributed by atoms with E-state index in [0.29, 0.717) is 11.8 Å². The van der Waals surface area contributed by atoms with Gasteiger partial charge in [0.1, 0.15) is 0 Å². The number of rotatable bonds is 2. The lowest BCUT2D eigenvalue weighted by atomic mass is 9.99. The summed E-state index contributed by atoms with van der Waals surface area (Å²) in [7, 11) is 0. The van der Waals surface area contributed by atoms with Crippen LogP contribution < -0.4 is 0 Å². The standard InChI is InChI=1S/C14H16N2O2S/c1-2-4-11-9(3-1)7-12(19-11)14-15-13(16-18-14)10-5-6-17-8-10/h7,10H,1-6,8H2/t10-/m0/s1. The van der Waals surface area contributed by atoms with Crippen LogP contribution >= 0.6 is 11.3 Å². The van der Waals surface area contributed by atoms with Crippen LogP contribution in [0.5, 0.6) is 0 Å². The van der Waals surface area contributed by atoms with E-state index < -0.39 is 0 Å². The van der Waals surface area contributed by atoms with Gasteiger partial charge in [0.2, 0.25) is 0 Å². The van der Waals surface area contributed by atoms with Gasteiger partial charge in [-0.3, -0.25) is 0 Å². The lowest BCUT2D eigenvalue weighted by Crippen LogP contribution is -1.99. The first-order valence-electron chi connectivity index (χ1n) is 6.93. The molecule has 0 spiro atoms. The third-order valence-electron chi connectivity index (χ3n) is 3.94. The quantitative estimate of drug-likeness (QED) is 0.845. The number of hydrogen-bond donors (Lipinski definition) is 0. The number of thiophene rings is 1. The second kappa shape index (κ2) is 4.72. The molecule has 1 aliphatic heterocycles. The molecule has 1 fully saturated rings. The largest absolute Gasteiger partial charge is 0.381 e. The van der Waals surface area contributed by atoms with Crippen molar-refractivity contribution in [3.8, 4) is 10.8 Å². The topological polar surface area (TPSA) is 48.2 Å². The van der Waals surface area contributed by atoms with E-state index in [1.807, 2.05) is 11.3 Å². The van der Waals surface area contributed by atoms with Crippen molar-refractivity contribution in [2.75, 3.05) is 13.2 Å². The van der Waals surface area contributed by atoms with E-state index in [2.05, 4.69) is 16.2 Å². The number of nitrogens with zero attached hydrogens (tertiary/aromatic N) is 2. The summed E-state index contributed by atoms with van der Waals surface area (Å²) in [6.07, 6.45) is 6.01. The van der Waals surface area contributed by atoms with Gasteiger partial charge in [-0.15, -0.1) is 11.3 Å². The molecule has 0 aromatic carbocycles. The number of fused-ring (bicyclic) bond motifs is 1. The maximum atomic E-state index is 5.43. The van der Waals surface area contributed by atoms with Crippen molar-refractivity contribution in [3.05, 3.63) is 22.3 Å². The van der Waals surface area contributed by atoms with Crippen molar-refractivity contribution in [1.29, 1.82) is 0 Å². The van der Waals surface area contributed by atoms with Crippen molar-refractivity contribution >= 4 is 11.3 Å². The molecule has 1 atom stereocenters. The van der Waals surface area contributed by atoms with Crippen LogP contribution in [-0.4, -0.2) is 23.4 Å². The van der Waals surface area contributed by atoms with Gasteiger partial charge in [-0.05, 0) is 43.7 Å². The Morgan fingerprint density at radius 3 is 3.05 bits per heavy atom. The highest BCUT2D eigenvalue weighted by Crippen LogP contribution is 2.35. The summed E-state index contributed by atoms with van der Waals surface area (Å²) < 4.78 is 10.8. The van der Waals surface area contributed by atoms with Gasteiger partial charge in [0, 0.05) is 17.4 Å². The van der Waals surface area contributed by atoms with Crippen LogP contribution in [0.1, 0.15) is 41.4 Å². The highest BCUT2D eigenvalue weighted by Gasteiger charge is 2.24. The van der Waals surface area contributed by atoms with Gasteiger partial charge in [0.25, 0.3) is 5.89 Å². The zero-order valence-electron chi connectivity index (χ0n) is 10.7. The van der Waals surface area contributed by atoms with E-state index in [9.17, 15) is 0 Å². The highest BCUT2D eigenvalue weighted by molar-refractivity contribution is 7.15. The van der Waals surface area contributed by atoms with Gasteiger partial charge in [-0.2, -0.15) is 4.98 Å². The molecule has 0 radical (unpaired) electrons. The molecule has 3 heterocycles. The van der Waals surface area contributed by atoms with E-state index in [1.54, 1.807) is 0 Å². The van der Waals surface area contributed by atoms with Crippen LogP contribution in [0, 0.1) is 0 Å². The second-order valence-electron chi connectivity index (χ2n) is 5.28. The molecular weight excluding hydrogens is 260 g/mol. The highest BCUT2D eigenvalue weighted by atomic mass is 32.1. The fourth-order valence-electron chi connectivity index (χ4n) is 2.83. The molecule has 2 aromatic heterocycles. The van der Waals surface area contributed by atoms with Gasteiger partial charge in [-0.25, -0.2) is 0 Å².